The Morgan fingerprint density at radius 2 is 2.00 bits per heavy atom. The van der Waals surface area contributed by atoms with Crippen LogP contribution in [0.5, 0.6) is 0 Å². The molecule has 0 aromatic heterocycles. The molecule has 5 N–H and O–H groups in total. The van der Waals surface area contributed by atoms with Gasteiger partial charge in [0.25, 0.3) is 0 Å². The molecule has 0 aliphatic carbocycles. The van der Waals surface area contributed by atoms with Crippen LogP contribution in [-0.4, -0.2) is 17.4 Å². The van der Waals surface area contributed by atoms with Crippen molar-refractivity contribution in [1.82, 2.24) is 0 Å². The molecule has 1 aromatic rings. The van der Waals surface area contributed by atoms with Crippen molar-refractivity contribution >= 4 is 17.5 Å². The van der Waals surface area contributed by atoms with Crippen LogP contribution in [0.1, 0.15) is 42.6 Å². The van der Waals surface area contributed by atoms with Crippen LogP contribution in [0.25, 0.3) is 0 Å². The normalized spacial score (nSPS) is 13.7. The molecule has 0 fully saturated rings. The highest BCUT2D eigenvalue weighted by Crippen LogP contribution is 2.17. The topological polar surface area (TPSA) is 98.2 Å². The van der Waals surface area contributed by atoms with Crippen molar-refractivity contribution < 1.29 is 9.59 Å². The summed E-state index contributed by atoms with van der Waals surface area (Å²) in [7, 11) is 0. The highest BCUT2D eigenvalue weighted by Gasteiger charge is 2.27. The van der Waals surface area contributed by atoms with Crippen LogP contribution in [-0.2, 0) is 4.79 Å². The van der Waals surface area contributed by atoms with Gasteiger partial charge < -0.3 is 16.8 Å². The lowest BCUT2D eigenvalue weighted by Crippen LogP contribution is -2.48. The zero-order valence-electron chi connectivity index (χ0n) is 11.6. The lowest BCUT2D eigenvalue weighted by Gasteiger charge is -2.23. The number of benzene rings is 1. The van der Waals surface area contributed by atoms with E-state index in [1.807, 2.05) is 6.92 Å². The minimum absolute atomic E-state index is 0.236. The Balaban J connectivity index is 2.87. The smallest absolute Gasteiger partial charge is 0.248 e. The average Bonchev–Trinajstić information content (AvgIpc) is 2.28. The van der Waals surface area contributed by atoms with E-state index >= 15 is 0 Å². The number of rotatable bonds is 5. The standard InChI is InChI=1S/C14H21N3O2/c1-4-7-14(3,16)13(19)17-10-5-6-11(12(15)18)9(2)8-10/h5-6,8H,4,7,16H2,1-3H3,(H2,15,18)(H,17,19). The molecule has 0 saturated carbocycles. The number of anilines is 1. The number of carbonyl (C=O) groups excluding carboxylic acids is 2. The highest BCUT2D eigenvalue weighted by molar-refractivity contribution is 5.99. The summed E-state index contributed by atoms with van der Waals surface area (Å²) in [6, 6.07) is 4.95. The van der Waals surface area contributed by atoms with E-state index in [4.69, 9.17) is 11.5 Å². The molecule has 0 bridgehead atoms. The van der Waals surface area contributed by atoms with Gasteiger partial charge in [0.1, 0.15) is 0 Å². The number of nitrogens with one attached hydrogen (secondary N) is 1. The van der Waals surface area contributed by atoms with Gasteiger partial charge in [-0.1, -0.05) is 13.3 Å². The van der Waals surface area contributed by atoms with Crippen molar-refractivity contribution in [3.8, 4) is 0 Å². The van der Waals surface area contributed by atoms with E-state index in [9.17, 15) is 9.59 Å². The van der Waals surface area contributed by atoms with Crippen molar-refractivity contribution in [3.63, 3.8) is 0 Å². The lowest BCUT2D eigenvalue weighted by molar-refractivity contribution is -0.120. The Hall–Kier alpha value is -1.88. The largest absolute Gasteiger partial charge is 0.366 e. The molecule has 0 spiro atoms. The summed E-state index contributed by atoms with van der Waals surface area (Å²) >= 11 is 0. The number of nitrogens with two attached hydrogens (primary N) is 2. The molecule has 0 aliphatic heterocycles. The molecule has 1 rings (SSSR count). The quantitative estimate of drug-likeness (QED) is 0.751. The first-order valence-corrected chi connectivity index (χ1v) is 6.28. The van der Waals surface area contributed by atoms with Gasteiger partial charge in [0, 0.05) is 11.3 Å². The first-order chi connectivity index (χ1) is 8.77. The second-order valence-electron chi connectivity index (χ2n) is 5.02. The third kappa shape index (κ3) is 3.79. The van der Waals surface area contributed by atoms with E-state index in [0.29, 0.717) is 17.7 Å². The van der Waals surface area contributed by atoms with Crippen molar-refractivity contribution in [3.05, 3.63) is 29.3 Å². The molecule has 0 heterocycles. The Kier molecular flexibility index (Phi) is 4.67. The summed E-state index contributed by atoms with van der Waals surface area (Å²) in [6.07, 6.45) is 1.44. The highest BCUT2D eigenvalue weighted by atomic mass is 16.2. The van der Waals surface area contributed by atoms with Crippen LogP contribution < -0.4 is 16.8 Å². The fourth-order valence-electron chi connectivity index (χ4n) is 1.92. The molecule has 1 unspecified atom stereocenters. The third-order valence-electron chi connectivity index (χ3n) is 3.04. The third-order valence-corrected chi connectivity index (χ3v) is 3.04. The van der Waals surface area contributed by atoms with Gasteiger partial charge in [-0.05, 0) is 44.0 Å². The molecule has 0 radical (unpaired) electrons. The van der Waals surface area contributed by atoms with Crippen molar-refractivity contribution in [2.75, 3.05) is 5.32 Å². The van der Waals surface area contributed by atoms with E-state index in [2.05, 4.69) is 5.32 Å². The number of amides is 2. The summed E-state index contributed by atoms with van der Waals surface area (Å²) in [5, 5.41) is 2.76. The summed E-state index contributed by atoms with van der Waals surface area (Å²) in [5.41, 5.74) is 12.1. The van der Waals surface area contributed by atoms with Gasteiger partial charge in [-0.25, -0.2) is 0 Å². The number of hydrogen-bond acceptors (Lipinski definition) is 3. The van der Waals surface area contributed by atoms with Crippen LogP contribution in [0.15, 0.2) is 18.2 Å². The Labute approximate surface area is 113 Å². The summed E-state index contributed by atoms with van der Waals surface area (Å²) in [4.78, 5) is 23.1. The minimum Gasteiger partial charge on any atom is -0.366 e. The van der Waals surface area contributed by atoms with Gasteiger partial charge in [0.2, 0.25) is 11.8 Å². The number of carbonyl (C=O) groups is 2. The van der Waals surface area contributed by atoms with Gasteiger partial charge in [-0.15, -0.1) is 0 Å². The molecular weight excluding hydrogens is 242 g/mol. The fourth-order valence-corrected chi connectivity index (χ4v) is 1.92. The SMILES string of the molecule is CCCC(C)(N)C(=O)Nc1ccc(C(N)=O)c(C)c1. The zero-order chi connectivity index (χ0) is 14.6. The summed E-state index contributed by atoms with van der Waals surface area (Å²) in [5.74, 6) is -0.717. The van der Waals surface area contributed by atoms with Crippen LogP contribution in [0.2, 0.25) is 0 Å². The van der Waals surface area contributed by atoms with Crippen molar-refractivity contribution in [1.29, 1.82) is 0 Å². The van der Waals surface area contributed by atoms with Crippen LogP contribution in [0.4, 0.5) is 5.69 Å². The second-order valence-corrected chi connectivity index (χ2v) is 5.02. The Morgan fingerprint density at radius 3 is 2.47 bits per heavy atom. The van der Waals surface area contributed by atoms with Crippen molar-refractivity contribution in [2.24, 2.45) is 11.5 Å². The van der Waals surface area contributed by atoms with Crippen molar-refractivity contribution in [2.45, 2.75) is 39.2 Å². The molecule has 5 heteroatoms. The Bertz CT molecular complexity index is 495. The molecule has 1 atom stereocenters. The molecule has 104 valence electrons. The average molecular weight is 263 g/mol. The first-order valence-electron chi connectivity index (χ1n) is 6.28. The van der Waals surface area contributed by atoms with Gasteiger partial charge in [0.15, 0.2) is 0 Å². The zero-order valence-corrected chi connectivity index (χ0v) is 11.6. The van der Waals surface area contributed by atoms with Gasteiger partial charge in [0.05, 0.1) is 5.54 Å². The van der Waals surface area contributed by atoms with Gasteiger partial charge in [-0.3, -0.25) is 9.59 Å². The molecular formula is C14H21N3O2. The summed E-state index contributed by atoms with van der Waals surface area (Å²) in [6.45, 7) is 5.45. The molecule has 5 nitrogen and oxygen atoms in total. The molecule has 1 aromatic carbocycles. The van der Waals surface area contributed by atoms with E-state index < -0.39 is 11.4 Å². The van der Waals surface area contributed by atoms with E-state index in [-0.39, 0.29) is 5.91 Å². The van der Waals surface area contributed by atoms with Gasteiger partial charge >= 0.3 is 0 Å². The number of hydrogen-bond donors (Lipinski definition) is 3. The Morgan fingerprint density at radius 1 is 1.37 bits per heavy atom. The minimum atomic E-state index is -0.898. The van der Waals surface area contributed by atoms with E-state index in [1.54, 1.807) is 32.0 Å². The molecule has 2 amide bonds. The maximum Gasteiger partial charge on any atom is 0.248 e. The maximum atomic E-state index is 12.0. The predicted octanol–water partition coefficient (Wildman–Crippen LogP) is 1.55. The van der Waals surface area contributed by atoms with Crippen LogP contribution in [0, 0.1) is 6.92 Å². The lowest BCUT2D eigenvalue weighted by atomic mass is 9.96. The van der Waals surface area contributed by atoms with Crippen LogP contribution >= 0.6 is 0 Å². The molecule has 0 saturated heterocycles. The monoisotopic (exact) mass is 263 g/mol. The molecule has 19 heavy (non-hydrogen) atoms. The predicted molar refractivity (Wildman–Crippen MR) is 75.8 cm³/mol. The molecule has 0 aliphatic rings. The van der Waals surface area contributed by atoms with E-state index in [0.717, 1.165) is 12.0 Å². The van der Waals surface area contributed by atoms with E-state index in [1.165, 1.54) is 0 Å². The fraction of sp³-hybridized carbons (Fsp3) is 0.429. The van der Waals surface area contributed by atoms with Crippen LogP contribution in [0.3, 0.4) is 0 Å². The first kappa shape index (κ1) is 15.2. The number of primary amides is 1. The maximum absolute atomic E-state index is 12.0. The van der Waals surface area contributed by atoms with Gasteiger partial charge in [-0.2, -0.15) is 0 Å². The summed E-state index contributed by atoms with van der Waals surface area (Å²) < 4.78 is 0. The second kappa shape index (κ2) is 5.84. The number of aryl methyl sites for hydroxylation is 1.